The van der Waals surface area contributed by atoms with E-state index in [2.05, 4.69) is 23.1 Å². The van der Waals surface area contributed by atoms with Gasteiger partial charge in [-0.2, -0.15) is 0 Å². The minimum absolute atomic E-state index is 0.362. The minimum Gasteiger partial charge on any atom is -0.309 e. The lowest BCUT2D eigenvalue weighted by atomic mass is 9.80. The van der Waals surface area contributed by atoms with Crippen molar-refractivity contribution in [2.24, 2.45) is 0 Å². The molecule has 2 heteroatoms. The van der Waals surface area contributed by atoms with Gasteiger partial charge in [-0.25, -0.2) is 0 Å². The second kappa shape index (κ2) is 5.89. The van der Waals surface area contributed by atoms with Gasteiger partial charge in [0.2, 0.25) is 0 Å². The van der Waals surface area contributed by atoms with Crippen LogP contribution in [-0.2, 0) is 0 Å². The van der Waals surface area contributed by atoms with Crippen LogP contribution in [0.1, 0.15) is 51.9 Å². The van der Waals surface area contributed by atoms with E-state index >= 15 is 0 Å². The number of rotatable bonds is 3. The zero-order chi connectivity index (χ0) is 12.1. The first-order valence-electron chi connectivity index (χ1n) is 7.25. The highest BCUT2D eigenvalue weighted by Gasteiger charge is 2.37. The molecule has 0 aromatic carbocycles. The van der Waals surface area contributed by atoms with Gasteiger partial charge in [0, 0.05) is 25.2 Å². The fourth-order valence-corrected chi connectivity index (χ4v) is 3.46. The average Bonchev–Trinajstić information content (AvgIpc) is 2.37. The summed E-state index contributed by atoms with van der Waals surface area (Å²) in [6.07, 6.45) is 14.9. The van der Waals surface area contributed by atoms with Gasteiger partial charge in [0.15, 0.2) is 0 Å². The van der Waals surface area contributed by atoms with Crippen molar-refractivity contribution >= 4 is 0 Å². The highest BCUT2D eigenvalue weighted by Crippen LogP contribution is 2.31. The van der Waals surface area contributed by atoms with Crippen LogP contribution < -0.4 is 5.32 Å². The Bertz CT molecular complexity index is 268. The normalized spacial score (nSPS) is 26.6. The van der Waals surface area contributed by atoms with Crippen molar-refractivity contribution in [3.63, 3.8) is 0 Å². The van der Waals surface area contributed by atoms with Gasteiger partial charge >= 0.3 is 0 Å². The first-order chi connectivity index (χ1) is 8.29. The third-order valence-corrected chi connectivity index (χ3v) is 4.41. The van der Waals surface area contributed by atoms with E-state index in [4.69, 9.17) is 6.42 Å². The Balaban J connectivity index is 1.98. The lowest BCUT2D eigenvalue weighted by molar-refractivity contribution is 0.0812. The van der Waals surface area contributed by atoms with Crippen molar-refractivity contribution in [2.45, 2.75) is 63.5 Å². The van der Waals surface area contributed by atoms with Crippen LogP contribution in [-0.4, -0.2) is 36.1 Å². The van der Waals surface area contributed by atoms with Gasteiger partial charge in [0.05, 0.1) is 6.04 Å². The first kappa shape index (κ1) is 12.9. The molecule has 0 bridgehead atoms. The largest absolute Gasteiger partial charge is 0.309 e. The Morgan fingerprint density at radius 2 is 2.12 bits per heavy atom. The molecule has 1 spiro atoms. The van der Waals surface area contributed by atoms with E-state index in [0.29, 0.717) is 11.6 Å². The van der Waals surface area contributed by atoms with Crippen molar-refractivity contribution < 1.29 is 0 Å². The van der Waals surface area contributed by atoms with Crippen molar-refractivity contribution in [3.8, 4) is 12.3 Å². The zero-order valence-corrected chi connectivity index (χ0v) is 11.2. The summed E-state index contributed by atoms with van der Waals surface area (Å²) in [4.78, 5) is 2.55. The SMILES string of the molecule is C#CC(CCC)N1CCNC2(CCCCC2)C1. The number of hydrogen-bond acceptors (Lipinski definition) is 2. The van der Waals surface area contributed by atoms with Gasteiger partial charge in [0.1, 0.15) is 0 Å². The fourth-order valence-electron chi connectivity index (χ4n) is 3.46. The van der Waals surface area contributed by atoms with Crippen LogP contribution >= 0.6 is 0 Å². The topological polar surface area (TPSA) is 15.3 Å². The van der Waals surface area contributed by atoms with Crippen LogP contribution in [0.3, 0.4) is 0 Å². The molecule has 1 N–H and O–H groups in total. The molecular weight excluding hydrogens is 208 g/mol. The smallest absolute Gasteiger partial charge is 0.0712 e. The molecule has 17 heavy (non-hydrogen) atoms. The van der Waals surface area contributed by atoms with E-state index in [0.717, 1.165) is 19.5 Å². The van der Waals surface area contributed by atoms with Crippen molar-refractivity contribution in [3.05, 3.63) is 0 Å². The Hall–Kier alpha value is -0.520. The molecule has 0 aromatic rings. The molecule has 1 unspecified atom stereocenters. The van der Waals surface area contributed by atoms with Crippen LogP contribution in [0, 0.1) is 12.3 Å². The average molecular weight is 234 g/mol. The lowest BCUT2D eigenvalue weighted by Gasteiger charge is -2.47. The third-order valence-electron chi connectivity index (χ3n) is 4.41. The molecule has 1 heterocycles. The van der Waals surface area contributed by atoms with Gasteiger partial charge in [0.25, 0.3) is 0 Å². The van der Waals surface area contributed by atoms with Gasteiger partial charge in [-0.1, -0.05) is 38.5 Å². The van der Waals surface area contributed by atoms with E-state index in [1.807, 2.05) is 0 Å². The van der Waals surface area contributed by atoms with E-state index < -0.39 is 0 Å². The van der Waals surface area contributed by atoms with Crippen LogP contribution in [0.4, 0.5) is 0 Å². The predicted molar refractivity (Wildman–Crippen MR) is 72.9 cm³/mol. The Labute approximate surface area is 106 Å². The van der Waals surface area contributed by atoms with Crippen LogP contribution in [0.25, 0.3) is 0 Å². The number of hydrogen-bond donors (Lipinski definition) is 1. The predicted octanol–water partition coefficient (Wildman–Crippen LogP) is 2.40. The van der Waals surface area contributed by atoms with Crippen molar-refractivity contribution in [1.29, 1.82) is 0 Å². The molecule has 2 fully saturated rings. The molecule has 0 amide bonds. The summed E-state index contributed by atoms with van der Waals surface area (Å²) in [5.41, 5.74) is 0.388. The number of nitrogens with one attached hydrogen (secondary N) is 1. The number of nitrogens with zero attached hydrogens (tertiary/aromatic N) is 1. The quantitative estimate of drug-likeness (QED) is 0.754. The van der Waals surface area contributed by atoms with Crippen LogP contribution in [0.5, 0.6) is 0 Å². The van der Waals surface area contributed by atoms with E-state index in [1.165, 1.54) is 45.1 Å². The molecule has 1 atom stereocenters. The molecule has 1 aliphatic carbocycles. The minimum atomic E-state index is 0.362. The third kappa shape index (κ3) is 3.03. The van der Waals surface area contributed by atoms with E-state index in [-0.39, 0.29) is 0 Å². The number of terminal acetylenes is 1. The fraction of sp³-hybridized carbons (Fsp3) is 0.867. The molecule has 1 saturated heterocycles. The molecule has 2 aliphatic rings. The molecular formula is C15H26N2. The molecule has 96 valence electrons. The van der Waals surface area contributed by atoms with Crippen LogP contribution in [0.2, 0.25) is 0 Å². The molecule has 0 aromatic heterocycles. The maximum Gasteiger partial charge on any atom is 0.0712 e. The highest BCUT2D eigenvalue weighted by atomic mass is 15.2. The van der Waals surface area contributed by atoms with E-state index in [9.17, 15) is 0 Å². The Morgan fingerprint density at radius 3 is 2.76 bits per heavy atom. The Morgan fingerprint density at radius 1 is 1.35 bits per heavy atom. The van der Waals surface area contributed by atoms with Crippen molar-refractivity contribution in [1.82, 2.24) is 10.2 Å². The van der Waals surface area contributed by atoms with Gasteiger partial charge < -0.3 is 5.32 Å². The van der Waals surface area contributed by atoms with Crippen molar-refractivity contribution in [2.75, 3.05) is 19.6 Å². The second-order valence-electron chi connectivity index (χ2n) is 5.71. The lowest BCUT2D eigenvalue weighted by Crippen LogP contribution is -2.62. The summed E-state index contributed by atoms with van der Waals surface area (Å²) in [5, 5.41) is 3.78. The highest BCUT2D eigenvalue weighted by molar-refractivity contribution is 5.05. The van der Waals surface area contributed by atoms with Crippen LogP contribution in [0.15, 0.2) is 0 Å². The first-order valence-corrected chi connectivity index (χ1v) is 7.25. The molecule has 2 nitrogen and oxygen atoms in total. The van der Waals surface area contributed by atoms with E-state index in [1.54, 1.807) is 0 Å². The maximum absolute atomic E-state index is 5.70. The molecule has 0 radical (unpaired) electrons. The summed E-state index contributed by atoms with van der Waals surface area (Å²) >= 11 is 0. The Kier molecular flexibility index (Phi) is 4.48. The summed E-state index contributed by atoms with van der Waals surface area (Å²) in [6.45, 7) is 5.63. The van der Waals surface area contributed by atoms with Gasteiger partial charge in [-0.05, 0) is 19.3 Å². The second-order valence-corrected chi connectivity index (χ2v) is 5.71. The zero-order valence-electron chi connectivity index (χ0n) is 11.2. The summed E-state index contributed by atoms with van der Waals surface area (Å²) < 4.78 is 0. The van der Waals surface area contributed by atoms with Gasteiger partial charge in [-0.3, -0.25) is 4.90 Å². The summed E-state index contributed by atoms with van der Waals surface area (Å²) in [5.74, 6) is 2.99. The summed E-state index contributed by atoms with van der Waals surface area (Å²) in [6, 6.07) is 0.362. The monoisotopic (exact) mass is 234 g/mol. The standard InChI is InChI=1S/C15H26N2/c1-3-8-14(4-2)17-12-11-16-15(13-17)9-6-5-7-10-15/h2,14,16H,3,5-13H2,1H3. The molecule has 2 rings (SSSR count). The maximum atomic E-state index is 5.70. The molecule has 1 saturated carbocycles. The summed E-state index contributed by atoms with van der Waals surface area (Å²) in [7, 11) is 0. The molecule has 1 aliphatic heterocycles. The number of piperazine rings is 1. The van der Waals surface area contributed by atoms with Gasteiger partial charge in [-0.15, -0.1) is 6.42 Å².